The fourth-order valence-corrected chi connectivity index (χ4v) is 3.01. The van der Waals surface area contributed by atoms with E-state index in [9.17, 15) is 14.9 Å². The first kappa shape index (κ1) is 19.2. The highest BCUT2D eigenvalue weighted by atomic mass is 35.5. The lowest BCUT2D eigenvalue weighted by atomic mass is 9.84. The van der Waals surface area contributed by atoms with Gasteiger partial charge in [0.15, 0.2) is 0 Å². The Kier molecular flexibility index (Phi) is 7.25. The van der Waals surface area contributed by atoms with E-state index in [4.69, 9.17) is 11.5 Å². The summed E-state index contributed by atoms with van der Waals surface area (Å²) in [4.78, 5) is 22.7. The second-order valence-corrected chi connectivity index (χ2v) is 5.74. The summed E-state index contributed by atoms with van der Waals surface area (Å²) in [7, 11) is 0. The van der Waals surface area contributed by atoms with Crippen molar-refractivity contribution in [3.05, 3.63) is 33.9 Å². The smallest absolute Gasteiger partial charge is 0.270 e. The number of nitro benzene ring substituents is 1. The Morgan fingerprint density at radius 1 is 1.35 bits per heavy atom. The van der Waals surface area contributed by atoms with Crippen molar-refractivity contribution in [2.75, 3.05) is 12.3 Å². The fourth-order valence-electron chi connectivity index (χ4n) is 3.01. The zero-order chi connectivity index (χ0) is 16.1. The van der Waals surface area contributed by atoms with Crippen molar-refractivity contribution < 1.29 is 9.72 Å². The number of benzene rings is 1. The average molecular weight is 343 g/mol. The van der Waals surface area contributed by atoms with Crippen LogP contribution in [-0.4, -0.2) is 23.4 Å². The zero-order valence-corrected chi connectivity index (χ0v) is 13.7. The summed E-state index contributed by atoms with van der Waals surface area (Å²) in [6.45, 7) is 0.352. The van der Waals surface area contributed by atoms with E-state index < -0.39 is 10.8 Å². The summed E-state index contributed by atoms with van der Waals surface area (Å²) in [5, 5.41) is 13.7. The first-order valence-electron chi connectivity index (χ1n) is 7.57. The van der Waals surface area contributed by atoms with Gasteiger partial charge in [-0.25, -0.2) is 0 Å². The van der Waals surface area contributed by atoms with E-state index >= 15 is 0 Å². The molecule has 128 valence electrons. The number of nitrogens with one attached hydrogen (secondary N) is 1. The number of nitrogen functional groups attached to an aromatic ring is 1. The monoisotopic (exact) mass is 342 g/mol. The number of hydrogen-bond acceptors (Lipinski definition) is 5. The van der Waals surface area contributed by atoms with Crippen molar-refractivity contribution in [3.63, 3.8) is 0 Å². The van der Waals surface area contributed by atoms with Gasteiger partial charge in [-0.05, 0) is 24.8 Å². The number of anilines is 1. The maximum atomic E-state index is 12.4. The number of nitrogens with two attached hydrogens (primary N) is 2. The first-order chi connectivity index (χ1) is 10.5. The molecule has 0 saturated heterocycles. The van der Waals surface area contributed by atoms with Crippen LogP contribution in [0.5, 0.6) is 0 Å². The third kappa shape index (κ3) is 4.80. The highest BCUT2D eigenvalue weighted by molar-refractivity contribution is 6.00. The number of non-ortho nitro benzene ring substituents is 1. The molecule has 0 heterocycles. The zero-order valence-electron chi connectivity index (χ0n) is 12.9. The normalized spacial score (nSPS) is 16.2. The summed E-state index contributed by atoms with van der Waals surface area (Å²) in [6, 6.07) is 3.75. The van der Waals surface area contributed by atoms with Gasteiger partial charge < -0.3 is 16.8 Å². The number of carbonyl (C=O) groups excluding carboxylic acids is 1. The standard InChI is InChI=1S/C15H22N4O3.ClH/c16-9-14(10-4-2-1-3-5-10)18-15(20)12-8-11(19(21)22)6-7-13(12)17;/h6-8,10,14H,1-5,9,16-17H2,(H,18,20);1H. The SMILES string of the molecule is Cl.NCC(NC(=O)c1cc([N+](=O)[O-])ccc1N)C1CCCCC1. The molecule has 1 atom stereocenters. The van der Waals surface area contributed by atoms with Gasteiger partial charge in [0.1, 0.15) is 0 Å². The van der Waals surface area contributed by atoms with E-state index in [-0.39, 0.29) is 35.4 Å². The van der Waals surface area contributed by atoms with Crippen LogP contribution < -0.4 is 16.8 Å². The molecular weight excluding hydrogens is 320 g/mol. The molecule has 5 N–H and O–H groups in total. The molecule has 2 rings (SSSR count). The van der Waals surface area contributed by atoms with E-state index in [1.54, 1.807) is 0 Å². The van der Waals surface area contributed by atoms with Crippen LogP contribution in [-0.2, 0) is 0 Å². The van der Waals surface area contributed by atoms with Crippen molar-refractivity contribution in [3.8, 4) is 0 Å². The minimum atomic E-state index is -0.544. The van der Waals surface area contributed by atoms with Crippen LogP contribution >= 0.6 is 12.4 Å². The molecule has 1 amide bonds. The molecule has 1 unspecified atom stereocenters. The average Bonchev–Trinajstić information content (AvgIpc) is 2.53. The van der Waals surface area contributed by atoms with Crippen molar-refractivity contribution in [2.24, 2.45) is 11.7 Å². The largest absolute Gasteiger partial charge is 0.398 e. The molecule has 0 aliphatic heterocycles. The third-order valence-electron chi connectivity index (χ3n) is 4.28. The Hall–Kier alpha value is -1.86. The van der Waals surface area contributed by atoms with Crippen molar-refractivity contribution in [1.82, 2.24) is 5.32 Å². The quantitative estimate of drug-likeness (QED) is 0.430. The van der Waals surface area contributed by atoms with E-state index in [1.807, 2.05) is 0 Å². The molecule has 0 radical (unpaired) electrons. The molecular formula is C15H23ClN4O3. The molecule has 1 saturated carbocycles. The molecule has 0 aromatic heterocycles. The fraction of sp³-hybridized carbons (Fsp3) is 0.533. The molecule has 1 aromatic rings. The van der Waals surface area contributed by atoms with E-state index in [0.29, 0.717) is 12.5 Å². The third-order valence-corrected chi connectivity index (χ3v) is 4.28. The Morgan fingerprint density at radius 3 is 2.57 bits per heavy atom. The topological polar surface area (TPSA) is 124 Å². The van der Waals surface area contributed by atoms with Gasteiger partial charge in [0.2, 0.25) is 0 Å². The molecule has 7 nitrogen and oxygen atoms in total. The van der Waals surface area contributed by atoms with Crippen LogP contribution in [0.2, 0.25) is 0 Å². The van der Waals surface area contributed by atoms with Crippen LogP contribution in [0.1, 0.15) is 42.5 Å². The number of halogens is 1. The number of carbonyl (C=O) groups is 1. The molecule has 23 heavy (non-hydrogen) atoms. The molecule has 1 aromatic carbocycles. The summed E-state index contributed by atoms with van der Waals surface area (Å²) in [6.07, 6.45) is 5.62. The van der Waals surface area contributed by atoms with Crippen LogP contribution in [0.3, 0.4) is 0 Å². The lowest BCUT2D eigenvalue weighted by Gasteiger charge is -2.30. The number of rotatable bonds is 5. The van der Waals surface area contributed by atoms with Gasteiger partial charge in [-0.1, -0.05) is 19.3 Å². The van der Waals surface area contributed by atoms with Gasteiger partial charge in [-0.15, -0.1) is 12.4 Å². The summed E-state index contributed by atoms with van der Waals surface area (Å²) < 4.78 is 0. The lowest BCUT2D eigenvalue weighted by molar-refractivity contribution is -0.384. The van der Waals surface area contributed by atoms with Crippen LogP contribution in [0.15, 0.2) is 18.2 Å². The predicted molar refractivity (Wildman–Crippen MR) is 91.6 cm³/mol. The Labute approximate surface area is 141 Å². The number of nitro groups is 1. The van der Waals surface area contributed by atoms with Crippen molar-refractivity contribution >= 4 is 29.7 Å². The van der Waals surface area contributed by atoms with Gasteiger partial charge >= 0.3 is 0 Å². The molecule has 8 heteroatoms. The number of hydrogen-bond donors (Lipinski definition) is 3. The van der Waals surface area contributed by atoms with Crippen LogP contribution in [0.25, 0.3) is 0 Å². The van der Waals surface area contributed by atoms with Gasteiger partial charge in [0.25, 0.3) is 11.6 Å². The molecule has 1 aliphatic rings. The lowest BCUT2D eigenvalue weighted by Crippen LogP contribution is -2.46. The Morgan fingerprint density at radius 2 is 2.00 bits per heavy atom. The molecule has 1 aliphatic carbocycles. The highest BCUT2D eigenvalue weighted by Crippen LogP contribution is 2.27. The number of amides is 1. The summed E-state index contributed by atoms with van der Waals surface area (Å²) in [5.74, 6) is -0.0372. The van der Waals surface area contributed by atoms with Gasteiger partial charge in [-0.3, -0.25) is 14.9 Å². The summed E-state index contributed by atoms with van der Waals surface area (Å²) in [5.41, 5.74) is 11.8. The molecule has 1 fully saturated rings. The minimum absolute atomic E-state index is 0. The Bertz CT molecular complexity index is 562. The summed E-state index contributed by atoms with van der Waals surface area (Å²) >= 11 is 0. The van der Waals surface area contributed by atoms with E-state index in [1.165, 1.54) is 24.6 Å². The minimum Gasteiger partial charge on any atom is -0.398 e. The van der Waals surface area contributed by atoms with Crippen LogP contribution in [0.4, 0.5) is 11.4 Å². The molecule has 0 spiro atoms. The van der Waals surface area contributed by atoms with Crippen LogP contribution in [0, 0.1) is 16.0 Å². The molecule has 0 bridgehead atoms. The van der Waals surface area contributed by atoms with Crippen molar-refractivity contribution in [1.29, 1.82) is 0 Å². The van der Waals surface area contributed by atoms with Crippen molar-refractivity contribution in [2.45, 2.75) is 38.1 Å². The maximum Gasteiger partial charge on any atom is 0.270 e. The number of nitrogens with zero attached hydrogens (tertiary/aromatic N) is 1. The highest BCUT2D eigenvalue weighted by Gasteiger charge is 2.25. The maximum absolute atomic E-state index is 12.4. The van der Waals surface area contributed by atoms with Gasteiger partial charge in [-0.2, -0.15) is 0 Å². The Balaban J connectivity index is 0.00000264. The first-order valence-corrected chi connectivity index (χ1v) is 7.57. The second-order valence-electron chi connectivity index (χ2n) is 5.74. The predicted octanol–water partition coefficient (Wildman–Crippen LogP) is 2.24. The van der Waals surface area contributed by atoms with Gasteiger partial charge in [0, 0.05) is 30.4 Å². The van der Waals surface area contributed by atoms with E-state index in [0.717, 1.165) is 25.7 Å². The van der Waals surface area contributed by atoms with E-state index in [2.05, 4.69) is 5.32 Å². The second kappa shape index (κ2) is 8.69. The van der Waals surface area contributed by atoms with Gasteiger partial charge in [0.05, 0.1) is 10.5 Å².